The summed E-state index contributed by atoms with van der Waals surface area (Å²) in [6, 6.07) is 8.59. The van der Waals surface area contributed by atoms with Crippen LogP contribution < -0.4 is 5.32 Å². The Hall–Kier alpha value is -1.68. The van der Waals surface area contributed by atoms with Crippen molar-refractivity contribution in [2.45, 2.75) is 18.4 Å². The maximum atomic E-state index is 5.56. The van der Waals surface area contributed by atoms with Crippen molar-refractivity contribution >= 4 is 6.08 Å². The van der Waals surface area contributed by atoms with Crippen molar-refractivity contribution in [2.75, 3.05) is 0 Å². The van der Waals surface area contributed by atoms with Crippen LogP contribution in [0.25, 0.3) is 6.08 Å². The molecular formula is C17H15NO2. The average molecular weight is 265 g/mol. The molecule has 0 amide bonds. The summed E-state index contributed by atoms with van der Waals surface area (Å²) >= 11 is 0. The predicted octanol–water partition coefficient (Wildman–Crippen LogP) is 2.74. The molecule has 5 unspecified atom stereocenters. The molecule has 1 aromatic carbocycles. The summed E-state index contributed by atoms with van der Waals surface area (Å²) < 4.78 is 0. The maximum absolute atomic E-state index is 5.56. The van der Waals surface area contributed by atoms with Crippen molar-refractivity contribution in [2.24, 2.45) is 11.8 Å². The quantitative estimate of drug-likeness (QED) is 0.732. The van der Waals surface area contributed by atoms with Crippen LogP contribution in [0.15, 0.2) is 54.1 Å². The summed E-state index contributed by atoms with van der Waals surface area (Å²) in [5, 5.41) is 3.44. The van der Waals surface area contributed by atoms with Gasteiger partial charge in [-0.25, -0.2) is 9.78 Å². The molecule has 0 radical (unpaired) electrons. The van der Waals surface area contributed by atoms with E-state index in [1.54, 1.807) is 0 Å². The highest BCUT2D eigenvalue weighted by molar-refractivity contribution is 5.59. The number of nitrogens with one attached hydrogen (secondary N) is 1. The first-order chi connectivity index (χ1) is 9.92. The van der Waals surface area contributed by atoms with Gasteiger partial charge in [-0.2, -0.15) is 0 Å². The fourth-order valence-electron chi connectivity index (χ4n) is 4.00. The van der Waals surface area contributed by atoms with Crippen LogP contribution in [0.2, 0.25) is 0 Å². The smallest absolute Gasteiger partial charge is 0.168 e. The van der Waals surface area contributed by atoms with E-state index in [-0.39, 0.29) is 12.5 Å². The van der Waals surface area contributed by atoms with Gasteiger partial charge in [-0.15, -0.1) is 0 Å². The van der Waals surface area contributed by atoms with Gasteiger partial charge in [-0.05, 0) is 16.7 Å². The molecule has 2 saturated heterocycles. The van der Waals surface area contributed by atoms with E-state index in [0.29, 0.717) is 17.8 Å². The van der Waals surface area contributed by atoms with E-state index in [1.807, 2.05) is 0 Å². The third kappa shape index (κ3) is 1.35. The average Bonchev–Trinajstić information content (AvgIpc) is 2.83. The topological polar surface area (TPSA) is 30.5 Å². The zero-order chi connectivity index (χ0) is 13.1. The summed E-state index contributed by atoms with van der Waals surface area (Å²) in [5.74, 6) is 1.14. The highest BCUT2D eigenvalue weighted by Crippen LogP contribution is 2.50. The molecule has 0 aromatic heterocycles. The first-order valence-corrected chi connectivity index (χ1v) is 7.15. The minimum absolute atomic E-state index is 0.0581. The van der Waals surface area contributed by atoms with Gasteiger partial charge in [0.2, 0.25) is 0 Å². The highest BCUT2D eigenvalue weighted by atomic mass is 17.2. The van der Waals surface area contributed by atoms with Gasteiger partial charge in [0.25, 0.3) is 0 Å². The van der Waals surface area contributed by atoms with Crippen molar-refractivity contribution in [1.82, 2.24) is 5.32 Å². The first-order valence-electron chi connectivity index (χ1n) is 7.15. The fraction of sp³-hybridized carbons (Fsp3) is 0.294. The van der Waals surface area contributed by atoms with Crippen LogP contribution in [0.4, 0.5) is 0 Å². The fourth-order valence-corrected chi connectivity index (χ4v) is 4.00. The van der Waals surface area contributed by atoms with Crippen molar-refractivity contribution in [3.8, 4) is 0 Å². The molecule has 2 heterocycles. The van der Waals surface area contributed by atoms with Crippen molar-refractivity contribution in [1.29, 1.82) is 0 Å². The lowest BCUT2D eigenvalue weighted by Crippen LogP contribution is -2.48. The molecule has 3 heteroatoms. The predicted molar refractivity (Wildman–Crippen MR) is 75.3 cm³/mol. The molecule has 2 bridgehead atoms. The third-order valence-electron chi connectivity index (χ3n) is 4.86. The number of fused-ring (bicyclic) bond motifs is 6. The van der Waals surface area contributed by atoms with Gasteiger partial charge in [0.15, 0.2) is 12.5 Å². The molecule has 20 heavy (non-hydrogen) atoms. The van der Waals surface area contributed by atoms with Crippen LogP contribution in [-0.4, -0.2) is 12.5 Å². The standard InChI is InChI=1S/C17H15NO2/c1-2-6-12-10(4-1)8-9-11-5-3-7-13-14(11)15(12)17-18-16(13)19-20-17/h1-9,11,14-18H. The number of rotatable bonds is 0. The molecule has 2 aliphatic heterocycles. The molecule has 2 aliphatic carbocycles. The molecule has 0 saturated carbocycles. The highest BCUT2D eigenvalue weighted by Gasteiger charge is 2.51. The zero-order valence-corrected chi connectivity index (χ0v) is 10.9. The Morgan fingerprint density at radius 2 is 1.95 bits per heavy atom. The summed E-state index contributed by atoms with van der Waals surface area (Å²) in [7, 11) is 0. The normalized spacial score (nSPS) is 39.8. The minimum Gasteiger partial charge on any atom is -0.257 e. The van der Waals surface area contributed by atoms with E-state index in [4.69, 9.17) is 9.78 Å². The Balaban J connectivity index is 1.76. The van der Waals surface area contributed by atoms with Gasteiger partial charge < -0.3 is 0 Å². The molecule has 3 nitrogen and oxygen atoms in total. The molecular weight excluding hydrogens is 250 g/mol. The molecule has 5 atom stereocenters. The number of hydrogen-bond donors (Lipinski definition) is 1. The molecule has 100 valence electrons. The lowest BCUT2D eigenvalue weighted by Gasteiger charge is -2.40. The largest absolute Gasteiger partial charge is 0.257 e. The number of piperidine rings is 1. The van der Waals surface area contributed by atoms with E-state index in [1.165, 1.54) is 16.7 Å². The number of allylic oxidation sites excluding steroid dienone is 4. The van der Waals surface area contributed by atoms with Crippen LogP contribution in [0.5, 0.6) is 0 Å². The molecule has 1 aromatic rings. The summed E-state index contributed by atoms with van der Waals surface area (Å²) in [4.78, 5) is 11.0. The zero-order valence-electron chi connectivity index (χ0n) is 10.9. The van der Waals surface area contributed by atoms with Crippen molar-refractivity contribution < 1.29 is 9.78 Å². The Kier molecular flexibility index (Phi) is 2.16. The van der Waals surface area contributed by atoms with E-state index in [2.05, 4.69) is 60.0 Å². The second-order valence-corrected chi connectivity index (χ2v) is 5.83. The SMILES string of the molecule is C1=CC2C=Cc3ccccc3C3C4NC(OO4)C(=C1)C23. The molecule has 5 rings (SSSR count). The van der Waals surface area contributed by atoms with Crippen molar-refractivity contribution in [3.63, 3.8) is 0 Å². The molecule has 4 aliphatic rings. The number of hydrogen-bond acceptors (Lipinski definition) is 3. The van der Waals surface area contributed by atoms with Gasteiger partial charge in [0.1, 0.15) is 0 Å². The van der Waals surface area contributed by atoms with Crippen LogP contribution in [-0.2, 0) is 9.78 Å². The molecule has 1 N–H and O–H groups in total. The second kappa shape index (κ2) is 3.92. The van der Waals surface area contributed by atoms with Gasteiger partial charge in [0, 0.05) is 17.8 Å². The van der Waals surface area contributed by atoms with Gasteiger partial charge >= 0.3 is 0 Å². The van der Waals surface area contributed by atoms with E-state index >= 15 is 0 Å². The third-order valence-corrected chi connectivity index (χ3v) is 4.86. The summed E-state index contributed by atoms with van der Waals surface area (Å²) in [6.07, 6.45) is 11.0. The van der Waals surface area contributed by atoms with Gasteiger partial charge in [-0.3, -0.25) is 5.32 Å². The molecule has 0 spiro atoms. The number of benzene rings is 1. The summed E-state index contributed by atoms with van der Waals surface area (Å²) in [6.45, 7) is 0. The summed E-state index contributed by atoms with van der Waals surface area (Å²) in [5.41, 5.74) is 3.94. The lowest BCUT2D eigenvalue weighted by atomic mass is 9.69. The van der Waals surface area contributed by atoms with Crippen LogP contribution in [0.3, 0.4) is 0 Å². The molecule has 2 fully saturated rings. The Morgan fingerprint density at radius 3 is 2.95 bits per heavy atom. The first kappa shape index (κ1) is 11.0. The Labute approximate surface area is 117 Å². The van der Waals surface area contributed by atoms with Crippen LogP contribution in [0.1, 0.15) is 17.0 Å². The van der Waals surface area contributed by atoms with Crippen molar-refractivity contribution in [3.05, 3.63) is 65.3 Å². The lowest BCUT2D eigenvalue weighted by molar-refractivity contribution is -0.288. The van der Waals surface area contributed by atoms with E-state index in [9.17, 15) is 0 Å². The Morgan fingerprint density at radius 1 is 1.00 bits per heavy atom. The maximum Gasteiger partial charge on any atom is 0.168 e. The van der Waals surface area contributed by atoms with E-state index in [0.717, 1.165) is 0 Å². The second-order valence-electron chi connectivity index (χ2n) is 5.83. The van der Waals surface area contributed by atoms with Gasteiger partial charge in [-0.1, -0.05) is 54.6 Å². The van der Waals surface area contributed by atoms with E-state index < -0.39 is 0 Å². The monoisotopic (exact) mass is 265 g/mol. The van der Waals surface area contributed by atoms with Crippen LogP contribution in [0, 0.1) is 11.8 Å². The van der Waals surface area contributed by atoms with Gasteiger partial charge in [0.05, 0.1) is 0 Å². The van der Waals surface area contributed by atoms with Crippen LogP contribution >= 0.6 is 0 Å². The minimum atomic E-state index is -0.0904. The Bertz CT molecular complexity index is 661.